The van der Waals surface area contributed by atoms with Crippen LogP contribution in [-0.2, 0) is 0 Å². The van der Waals surface area contributed by atoms with Gasteiger partial charge in [-0.2, -0.15) is 0 Å². The molecule has 3 rings (SSSR count). The van der Waals surface area contributed by atoms with E-state index >= 15 is 0 Å². The van der Waals surface area contributed by atoms with Gasteiger partial charge in [-0.05, 0) is 62.9 Å². The summed E-state index contributed by atoms with van der Waals surface area (Å²) in [5.41, 5.74) is 0.728. The van der Waals surface area contributed by atoms with Crippen LogP contribution < -0.4 is 10.6 Å². The monoisotopic (exact) mass is 335 g/mol. The van der Waals surface area contributed by atoms with Gasteiger partial charge in [0.25, 0.3) is 0 Å². The Balaban J connectivity index is 1.36. The quantitative estimate of drug-likeness (QED) is 0.869. The highest BCUT2D eigenvalue weighted by molar-refractivity contribution is 6.30. The van der Waals surface area contributed by atoms with E-state index in [4.69, 9.17) is 11.6 Å². The van der Waals surface area contributed by atoms with E-state index in [-0.39, 0.29) is 6.03 Å². The Labute approximate surface area is 143 Å². The van der Waals surface area contributed by atoms with Crippen molar-refractivity contribution in [3.63, 3.8) is 0 Å². The predicted octanol–water partition coefficient (Wildman–Crippen LogP) is 4.12. The lowest BCUT2D eigenvalue weighted by atomic mass is 9.95. The predicted molar refractivity (Wildman–Crippen MR) is 95.0 cm³/mol. The van der Waals surface area contributed by atoms with Crippen LogP contribution in [0.3, 0.4) is 0 Å². The molecule has 0 aromatic heterocycles. The molecule has 23 heavy (non-hydrogen) atoms. The summed E-state index contributed by atoms with van der Waals surface area (Å²) in [5.74, 6) is 0.595. The Morgan fingerprint density at radius 2 is 1.91 bits per heavy atom. The summed E-state index contributed by atoms with van der Waals surface area (Å²) in [4.78, 5) is 14.6. The van der Waals surface area contributed by atoms with E-state index in [1.54, 1.807) is 12.1 Å². The number of amides is 2. The Morgan fingerprint density at radius 1 is 1.17 bits per heavy atom. The largest absolute Gasteiger partial charge is 0.338 e. The lowest BCUT2D eigenvalue weighted by Crippen LogP contribution is -2.43. The van der Waals surface area contributed by atoms with Gasteiger partial charge < -0.3 is 15.5 Å². The summed E-state index contributed by atoms with van der Waals surface area (Å²) in [5, 5.41) is 6.45. The number of carbonyl (C=O) groups is 1. The maximum Gasteiger partial charge on any atom is 0.319 e. The van der Waals surface area contributed by atoms with Crippen LogP contribution in [0.4, 0.5) is 10.5 Å². The SMILES string of the molecule is O=C(NCC1CCN(C2CCCC2)CC1)Nc1cccc(Cl)c1. The van der Waals surface area contributed by atoms with Crippen LogP contribution in [0, 0.1) is 5.92 Å². The van der Waals surface area contributed by atoms with Crippen LogP contribution in [0.2, 0.25) is 5.02 Å². The number of piperidine rings is 1. The summed E-state index contributed by atoms with van der Waals surface area (Å²) in [6.45, 7) is 3.13. The van der Waals surface area contributed by atoms with E-state index in [1.807, 2.05) is 12.1 Å². The van der Waals surface area contributed by atoms with E-state index in [0.29, 0.717) is 10.9 Å². The smallest absolute Gasteiger partial charge is 0.319 e. The molecule has 0 bridgehead atoms. The summed E-state index contributed by atoms with van der Waals surface area (Å²) in [6.07, 6.45) is 7.93. The highest BCUT2D eigenvalue weighted by atomic mass is 35.5. The summed E-state index contributed by atoms with van der Waals surface area (Å²) >= 11 is 5.92. The molecule has 2 N–H and O–H groups in total. The maximum atomic E-state index is 12.0. The second-order valence-corrected chi connectivity index (χ2v) is 7.20. The van der Waals surface area contributed by atoms with Gasteiger partial charge in [0.1, 0.15) is 0 Å². The number of benzene rings is 1. The molecule has 1 aliphatic heterocycles. The first kappa shape index (κ1) is 16.6. The molecule has 0 spiro atoms. The van der Waals surface area contributed by atoms with Gasteiger partial charge >= 0.3 is 6.03 Å². The van der Waals surface area contributed by atoms with Crippen LogP contribution in [0.15, 0.2) is 24.3 Å². The molecule has 126 valence electrons. The topological polar surface area (TPSA) is 44.4 Å². The number of anilines is 1. The van der Waals surface area contributed by atoms with Crippen LogP contribution in [-0.4, -0.2) is 36.6 Å². The molecular weight excluding hydrogens is 310 g/mol. The molecule has 1 aromatic rings. The molecule has 2 amide bonds. The fourth-order valence-corrected chi connectivity index (χ4v) is 3.96. The van der Waals surface area contributed by atoms with Gasteiger partial charge in [0.05, 0.1) is 0 Å². The van der Waals surface area contributed by atoms with Gasteiger partial charge in [-0.3, -0.25) is 0 Å². The fraction of sp³-hybridized carbons (Fsp3) is 0.611. The van der Waals surface area contributed by atoms with Crippen LogP contribution >= 0.6 is 11.6 Å². The fourth-order valence-electron chi connectivity index (χ4n) is 3.77. The number of likely N-dealkylation sites (tertiary alicyclic amines) is 1. The summed E-state index contributed by atoms with van der Waals surface area (Å²) in [6, 6.07) is 7.90. The number of hydrogen-bond donors (Lipinski definition) is 2. The van der Waals surface area contributed by atoms with E-state index in [0.717, 1.165) is 18.3 Å². The second kappa shape index (κ2) is 8.02. The van der Waals surface area contributed by atoms with Gasteiger partial charge in [0.2, 0.25) is 0 Å². The average molecular weight is 336 g/mol. The Bertz CT molecular complexity index is 523. The molecule has 4 nitrogen and oxygen atoms in total. The standard InChI is InChI=1S/C18H26ClN3O/c19-15-4-3-5-16(12-15)21-18(23)20-13-14-8-10-22(11-9-14)17-6-1-2-7-17/h3-5,12,14,17H,1-2,6-11,13H2,(H2,20,21,23). The maximum absolute atomic E-state index is 12.0. The van der Waals surface area contributed by atoms with E-state index < -0.39 is 0 Å². The number of carbonyl (C=O) groups excluding carboxylic acids is 1. The second-order valence-electron chi connectivity index (χ2n) is 6.76. The average Bonchev–Trinajstić information content (AvgIpc) is 3.08. The van der Waals surface area contributed by atoms with Crippen molar-refractivity contribution < 1.29 is 4.79 Å². The Morgan fingerprint density at radius 3 is 2.61 bits per heavy atom. The Hall–Kier alpha value is -1.26. The van der Waals surface area contributed by atoms with Gasteiger partial charge in [0.15, 0.2) is 0 Å². The molecule has 1 heterocycles. The van der Waals surface area contributed by atoms with Crippen LogP contribution in [0.1, 0.15) is 38.5 Å². The van der Waals surface area contributed by atoms with Crippen molar-refractivity contribution in [2.75, 3.05) is 25.0 Å². The molecule has 2 aliphatic rings. The molecule has 1 saturated heterocycles. The third-order valence-electron chi connectivity index (χ3n) is 5.12. The lowest BCUT2D eigenvalue weighted by Gasteiger charge is -2.36. The molecule has 1 aliphatic carbocycles. The third-order valence-corrected chi connectivity index (χ3v) is 5.36. The van der Waals surface area contributed by atoms with Crippen molar-refractivity contribution in [2.24, 2.45) is 5.92 Å². The van der Waals surface area contributed by atoms with Gasteiger partial charge in [-0.1, -0.05) is 30.5 Å². The minimum atomic E-state index is -0.148. The van der Waals surface area contributed by atoms with Gasteiger partial charge in [-0.25, -0.2) is 4.79 Å². The minimum absolute atomic E-state index is 0.148. The van der Waals surface area contributed by atoms with Crippen LogP contribution in [0.5, 0.6) is 0 Å². The normalized spacial score (nSPS) is 20.6. The number of halogens is 1. The molecule has 5 heteroatoms. The molecule has 0 unspecified atom stereocenters. The summed E-state index contributed by atoms with van der Waals surface area (Å²) in [7, 11) is 0. The zero-order chi connectivity index (χ0) is 16.1. The molecule has 1 saturated carbocycles. The van der Waals surface area contributed by atoms with Gasteiger partial charge in [0, 0.05) is 23.3 Å². The molecule has 1 aromatic carbocycles. The number of hydrogen-bond acceptors (Lipinski definition) is 2. The first-order chi connectivity index (χ1) is 11.2. The zero-order valence-electron chi connectivity index (χ0n) is 13.6. The minimum Gasteiger partial charge on any atom is -0.338 e. The van der Waals surface area contributed by atoms with Crippen molar-refractivity contribution in [2.45, 2.75) is 44.6 Å². The summed E-state index contributed by atoms with van der Waals surface area (Å²) < 4.78 is 0. The van der Waals surface area contributed by atoms with Crippen LogP contribution in [0.25, 0.3) is 0 Å². The molecule has 0 atom stereocenters. The highest BCUT2D eigenvalue weighted by Gasteiger charge is 2.27. The highest BCUT2D eigenvalue weighted by Crippen LogP contribution is 2.27. The molecular formula is C18H26ClN3O. The Kier molecular flexibility index (Phi) is 5.79. The van der Waals surface area contributed by atoms with Crippen molar-refractivity contribution in [3.05, 3.63) is 29.3 Å². The van der Waals surface area contributed by atoms with Crippen molar-refractivity contribution in [1.29, 1.82) is 0 Å². The van der Waals surface area contributed by atoms with E-state index in [9.17, 15) is 4.79 Å². The number of nitrogens with one attached hydrogen (secondary N) is 2. The number of nitrogens with zero attached hydrogens (tertiary/aromatic N) is 1. The van der Waals surface area contributed by atoms with E-state index in [1.165, 1.54) is 51.6 Å². The zero-order valence-corrected chi connectivity index (χ0v) is 14.3. The van der Waals surface area contributed by atoms with Gasteiger partial charge in [-0.15, -0.1) is 0 Å². The lowest BCUT2D eigenvalue weighted by molar-refractivity contribution is 0.134. The number of rotatable bonds is 4. The van der Waals surface area contributed by atoms with Crippen molar-refractivity contribution in [1.82, 2.24) is 10.2 Å². The first-order valence-corrected chi connectivity index (χ1v) is 9.13. The molecule has 0 radical (unpaired) electrons. The molecule has 2 fully saturated rings. The van der Waals surface area contributed by atoms with Crippen molar-refractivity contribution >= 4 is 23.3 Å². The third kappa shape index (κ3) is 4.85. The first-order valence-electron chi connectivity index (χ1n) is 8.75. The van der Waals surface area contributed by atoms with Crippen molar-refractivity contribution in [3.8, 4) is 0 Å². The van der Waals surface area contributed by atoms with E-state index in [2.05, 4.69) is 15.5 Å². The number of urea groups is 1.